The first kappa shape index (κ1) is 21.2. The van der Waals surface area contributed by atoms with Crippen molar-refractivity contribution < 1.29 is 19.4 Å². The summed E-state index contributed by atoms with van der Waals surface area (Å²) in [6, 6.07) is 19.0. The maximum atomic E-state index is 13.1. The molecule has 31 heavy (non-hydrogen) atoms. The fourth-order valence-electron chi connectivity index (χ4n) is 4.26. The Balaban J connectivity index is 1.94. The molecule has 0 fully saturated rings. The van der Waals surface area contributed by atoms with E-state index in [1.165, 1.54) is 12.0 Å². The van der Waals surface area contributed by atoms with Gasteiger partial charge < -0.3 is 9.84 Å². The first-order chi connectivity index (χ1) is 14.9. The Morgan fingerprint density at radius 3 is 1.97 bits per heavy atom. The van der Waals surface area contributed by atoms with Crippen LogP contribution in [0.25, 0.3) is 11.1 Å². The number of amides is 1. The summed E-state index contributed by atoms with van der Waals surface area (Å²) in [5.74, 6) is -1.06. The number of halogens is 2. The Labute approximate surface area is 189 Å². The van der Waals surface area contributed by atoms with Crippen molar-refractivity contribution in [2.24, 2.45) is 0 Å². The number of carbonyl (C=O) groups is 2. The van der Waals surface area contributed by atoms with E-state index in [2.05, 4.69) is 0 Å². The van der Waals surface area contributed by atoms with E-state index in [-0.39, 0.29) is 6.42 Å². The first-order valence-corrected chi connectivity index (χ1v) is 10.4. The molecule has 0 spiro atoms. The van der Waals surface area contributed by atoms with Crippen LogP contribution in [-0.4, -0.2) is 29.2 Å². The molecule has 0 saturated heterocycles. The Morgan fingerprint density at radius 2 is 1.48 bits per heavy atom. The van der Waals surface area contributed by atoms with Crippen molar-refractivity contribution in [2.45, 2.75) is 18.5 Å². The highest BCUT2D eigenvalue weighted by atomic mass is 35.5. The minimum absolute atomic E-state index is 0.341. The number of ether oxygens (including phenoxy) is 1. The molecule has 0 saturated carbocycles. The van der Waals surface area contributed by atoms with Gasteiger partial charge in [0.1, 0.15) is 0 Å². The van der Waals surface area contributed by atoms with Gasteiger partial charge in [0.15, 0.2) is 0 Å². The summed E-state index contributed by atoms with van der Waals surface area (Å²) in [6.45, 7) is 0. The minimum Gasteiger partial charge on any atom is -0.481 e. The monoisotopic (exact) mass is 455 g/mol. The van der Waals surface area contributed by atoms with E-state index >= 15 is 0 Å². The number of hydrogen-bond donors (Lipinski definition) is 1. The third kappa shape index (κ3) is 3.99. The number of aliphatic carboxylic acids is 1. The Hall–Kier alpha value is -3.02. The number of fused-ring (bicyclic) bond motifs is 3. The molecule has 1 amide bonds. The lowest BCUT2D eigenvalue weighted by atomic mass is 9.96. The molecule has 0 heterocycles. The molecule has 7 heteroatoms. The normalized spacial score (nSPS) is 13.3. The molecule has 5 nitrogen and oxygen atoms in total. The largest absolute Gasteiger partial charge is 0.481 e. The number of carbonyl (C=O) groups excluding carboxylic acids is 1. The van der Waals surface area contributed by atoms with E-state index in [1.807, 2.05) is 48.5 Å². The summed E-state index contributed by atoms with van der Waals surface area (Å²) >= 11 is 12.4. The predicted octanol–water partition coefficient (Wildman–Crippen LogP) is 6.35. The summed E-state index contributed by atoms with van der Waals surface area (Å²) in [5, 5.41) is 10.4. The molecule has 1 aliphatic carbocycles. The van der Waals surface area contributed by atoms with Crippen molar-refractivity contribution in [2.75, 3.05) is 7.11 Å². The highest BCUT2D eigenvalue weighted by Crippen LogP contribution is 2.49. The van der Waals surface area contributed by atoms with Gasteiger partial charge >= 0.3 is 12.1 Å². The van der Waals surface area contributed by atoms with Gasteiger partial charge in [0.2, 0.25) is 0 Å². The molecule has 0 aliphatic heterocycles. The third-order valence-electron chi connectivity index (χ3n) is 5.44. The summed E-state index contributed by atoms with van der Waals surface area (Å²) in [7, 11) is 1.28. The second-order valence-electron chi connectivity index (χ2n) is 7.27. The van der Waals surface area contributed by atoms with Crippen LogP contribution in [0.2, 0.25) is 10.0 Å². The van der Waals surface area contributed by atoms with Crippen molar-refractivity contribution in [1.82, 2.24) is 4.90 Å². The number of nitrogens with zero attached hydrogens (tertiary/aromatic N) is 1. The highest BCUT2D eigenvalue weighted by molar-refractivity contribution is 6.34. The van der Waals surface area contributed by atoms with E-state index in [9.17, 15) is 14.7 Å². The van der Waals surface area contributed by atoms with E-state index in [0.29, 0.717) is 15.6 Å². The summed E-state index contributed by atoms with van der Waals surface area (Å²) in [5.41, 5.74) is 4.31. The Morgan fingerprint density at radius 1 is 0.968 bits per heavy atom. The van der Waals surface area contributed by atoms with E-state index in [0.717, 1.165) is 22.3 Å². The topological polar surface area (TPSA) is 66.8 Å². The van der Waals surface area contributed by atoms with Crippen molar-refractivity contribution >= 4 is 35.3 Å². The second-order valence-corrected chi connectivity index (χ2v) is 8.14. The number of carboxylic acids is 1. The summed E-state index contributed by atoms with van der Waals surface area (Å²) in [4.78, 5) is 26.4. The van der Waals surface area contributed by atoms with Crippen LogP contribution in [0.3, 0.4) is 0 Å². The SMILES string of the molecule is COC(=O)N(C(CC(=O)O)c1cc(Cl)cc(Cl)c1)C1c2ccccc2-c2ccccc21. The predicted molar refractivity (Wildman–Crippen MR) is 119 cm³/mol. The molecule has 1 atom stereocenters. The Bertz CT molecular complexity index is 1100. The van der Waals surface area contributed by atoms with Gasteiger partial charge in [-0.3, -0.25) is 9.69 Å². The minimum atomic E-state index is -1.06. The molecule has 158 valence electrons. The van der Waals surface area contributed by atoms with Gasteiger partial charge in [-0.25, -0.2) is 4.79 Å². The van der Waals surface area contributed by atoms with Gasteiger partial charge in [0.25, 0.3) is 0 Å². The lowest BCUT2D eigenvalue weighted by Crippen LogP contribution is -2.39. The number of rotatable bonds is 5. The zero-order valence-electron chi connectivity index (χ0n) is 16.6. The van der Waals surface area contributed by atoms with Crippen LogP contribution in [0.1, 0.15) is 35.2 Å². The molecule has 3 aromatic carbocycles. The van der Waals surface area contributed by atoms with Gasteiger partial charge in [-0.15, -0.1) is 0 Å². The van der Waals surface area contributed by atoms with Gasteiger partial charge in [-0.05, 0) is 46.0 Å². The van der Waals surface area contributed by atoms with Gasteiger partial charge in [0.05, 0.1) is 25.6 Å². The molecule has 1 aliphatic rings. The average molecular weight is 456 g/mol. The molecule has 3 aromatic rings. The molecule has 0 bridgehead atoms. The molecular formula is C24H19Cl2NO4. The van der Waals surface area contributed by atoms with Crippen LogP contribution in [0.5, 0.6) is 0 Å². The molecule has 4 rings (SSSR count). The zero-order valence-corrected chi connectivity index (χ0v) is 18.1. The summed E-state index contributed by atoms with van der Waals surface area (Å²) in [6.07, 6.45) is -0.981. The lowest BCUT2D eigenvalue weighted by molar-refractivity contribution is -0.138. The van der Waals surface area contributed by atoms with Gasteiger partial charge in [-0.2, -0.15) is 0 Å². The highest BCUT2D eigenvalue weighted by Gasteiger charge is 2.41. The van der Waals surface area contributed by atoms with E-state index < -0.39 is 24.1 Å². The van der Waals surface area contributed by atoms with Crippen LogP contribution >= 0.6 is 23.2 Å². The molecule has 0 radical (unpaired) electrons. The van der Waals surface area contributed by atoms with Gasteiger partial charge in [0, 0.05) is 10.0 Å². The maximum absolute atomic E-state index is 13.1. The van der Waals surface area contributed by atoms with Crippen LogP contribution < -0.4 is 0 Å². The first-order valence-electron chi connectivity index (χ1n) is 9.63. The molecular weight excluding hydrogens is 437 g/mol. The quantitative estimate of drug-likeness (QED) is 0.486. The molecule has 1 unspecified atom stereocenters. The third-order valence-corrected chi connectivity index (χ3v) is 5.87. The van der Waals surface area contributed by atoms with Crippen LogP contribution in [-0.2, 0) is 9.53 Å². The number of hydrogen-bond acceptors (Lipinski definition) is 3. The lowest BCUT2D eigenvalue weighted by Gasteiger charge is -2.36. The maximum Gasteiger partial charge on any atom is 0.410 e. The Kier molecular flexibility index (Phi) is 5.90. The second kappa shape index (κ2) is 8.61. The number of methoxy groups -OCH3 is 1. The van der Waals surface area contributed by atoms with Crippen LogP contribution in [0.15, 0.2) is 66.7 Å². The van der Waals surface area contributed by atoms with Crippen molar-refractivity contribution in [3.8, 4) is 11.1 Å². The zero-order chi connectivity index (χ0) is 22.1. The molecule has 0 aromatic heterocycles. The van der Waals surface area contributed by atoms with Crippen molar-refractivity contribution in [1.29, 1.82) is 0 Å². The average Bonchev–Trinajstić information content (AvgIpc) is 3.07. The number of benzene rings is 3. The van der Waals surface area contributed by atoms with E-state index in [4.69, 9.17) is 27.9 Å². The van der Waals surface area contributed by atoms with Gasteiger partial charge in [-0.1, -0.05) is 71.7 Å². The van der Waals surface area contributed by atoms with Crippen LogP contribution in [0.4, 0.5) is 4.79 Å². The summed E-state index contributed by atoms with van der Waals surface area (Å²) < 4.78 is 5.13. The fraction of sp³-hybridized carbons (Fsp3) is 0.167. The van der Waals surface area contributed by atoms with Crippen molar-refractivity contribution in [3.05, 3.63) is 93.5 Å². The number of carboxylic acid groups (broad SMARTS) is 1. The van der Waals surface area contributed by atoms with E-state index in [1.54, 1.807) is 18.2 Å². The van der Waals surface area contributed by atoms with Crippen molar-refractivity contribution in [3.63, 3.8) is 0 Å². The van der Waals surface area contributed by atoms with Crippen LogP contribution in [0, 0.1) is 0 Å². The smallest absolute Gasteiger partial charge is 0.410 e. The fourth-order valence-corrected chi connectivity index (χ4v) is 4.80. The standard InChI is InChI=1S/C24H19Cl2NO4/c1-31-24(30)27(21(13-22(28)29)14-10-15(25)12-16(26)11-14)23-19-8-4-2-6-17(19)18-7-3-5-9-20(18)23/h2-12,21,23H,13H2,1H3,(H,28,29). The molecule has 1 N–H and O–H groups in total.